The minimum atomic E-state index is -0.528. The molecule has 0 saturated carbocycles. The number of halogens is 1. The summed E-state index contributed by atoms with van der Waals surface area (Å²) in [4.78, 5) is 5.25. The van der Waals surface area contributed by atoms with Crippen LogP contribution in [0.1, 0.15) is 43.4 Å². The number of hydrogen-bond donors (Lipinski definition) is 0. The van der Waals surface area contributed by atoms with E-state index in [1.807, 2.05) is 44.2 Å². The fourth-order valence-electron chi connectivity index (χ4n) is 3.36. The normalized spacial score (nSPS) is 15.6. The maximum Gasteiger partial charge on any atom is 0.142 e. The maximum absolute atomic E-state index is 14.3. The molecule has 29 heavy (non-hydrogen) atoms. The number of oxime groups is 1. The van der Waals surface area contributed by atoms with E-state index in [1.165, 1.54) is 12.1 Å². The van der Waals surface area contributed by atoms with Gasteiger partial charge >= 0.3 is 0 Å². The van der Waals surface area contributed by atoms with Crippen LogP contribution in [0, 0.1) is 5.82 Å². The predicted octanol–water partition coefficient (Wildman–Crippen LogP) is 4.97. The van der Waals surface area contributed by atoms with Gasteiger partial charge in [0.05, 0.1) is 11.3 Å². The van der Waals surface area contributed by atoms with E-state index in [0.717, 1.165) is 22.4 Å². The van der Waals surface area contributed by atoms with Gasteiger partial charge in [-0.2, -0.15) is 0 Å². The zero-order chi connectivity index (χ0) is 20.7. The van der Waals surface area contributed by atoms with Crippen LogP contribution in [0.25, 0.3) is 0 Å². The van der Waals surface area contributed by atoms with Crippen LogP contribution in [0.3, 0.4) is 0 Å². The minimum absolute atomic E-state index is 0.334. The van der Waals surface area contributed by atoms with Crippen molar-refractivity contribution in [3.8, 4) is 5.75 Å². The second-order valence-electron chi connectivity index (χ2n) is 7.40. The highest BCUT2D eigenvalue weighted by Gasteiger charge is 2.35. The predicted molar refractivity (Wildman–Crippen MR) is 109 cm³/mol. The first-order chi connectivity index (χ1) is 14.0. The molecule has 2 aromatic rings. The molecule has 3 rings (SSSR count). The second-order valence-corrected chi connectivity index (χ2v) is 7.40. The van der Waals surface area contributed by atoms with Gasteiger partial charge in [-0.05, 0) is 42.7 Å². The molecule has 0 unspecified atom stereocenters. The molecule has 1 heterocycles. The molecular weight excluding hydrogens is 373 g/mol. The van der Waals surface area contributed by atoms with E-state index in [-0.39, 0.29) is 5.82 Å². The highest BCUT2D eigenvalue weighted by molar-refractivity contribution is 5.78. The number of hydrogen-bond acceptors (Lipinski definition) is 5. The zero-order valence-electron chi connectivity index (χ0n) is 17.2. The molecule has 0 aliphatic carbocycles. The smallest absolute Gasteiger partial charge is 0.142 e. The Morgan fingerprint density at radius 1 is 1.03 bits per heavy atom. The molecule has 1 aliphatic rings. The number of rotatable bonds is 8. The summed E-state index contributed by atoms with van der Waals surface area (Å²) in [6.45, 7) is 5.73. The molecule has 1 saturated heterocycles. The standard InChI is InChI=1S/C23H28FNO4/c1-17(2)25-29-16-19-6-4-18(5-7-19)15-28-22-13-20(12-21(24)14-22)23(26-3)8-10-27-11-9-23/h4-7,12-14H,8-11,15-16H2,1-3H3. The van der Waals surface area contributed by atoms with Gasteiger partial charge in [-0.3, -0.25) is 0 Å². The van der Waals surface area contributed by atoms with Gasteiger partial charge in [0.2, 0.25) is 0 Å². The lowest BCUT2D eigenvalue weighted by atomic mass is 9.86. The number of benzene rings is 2. The summed E-state index contributed by atoms with van der Waals surface area (Å²) in [7, 11) is 1.66. The zero-order valence-corrected chi connectivity index (χ0v) is 17.2. The molecule has 6 heteroatoms. The van der Waals surface area contributed by atoms with Gasteiger partial charge in [-0.1, -0.05) is 29.4 Å². The molecule has 0 bridgehead atoms. The lowest BCUT2D eigenvalue weighted by Crippen LogP contribution is -2.35. The Morgan fingerprint density at radius 3 is 2.31 bits per heavy atom. The van der Waals surface area contributed by atoms with Crippen molar-refractivity contribution in [1.82, 2.24) is 0 Å². The lowest BCUT2D eigenvalue weighted by Gasteiger charge is -2.36. The van der Waals surface area contributed by atoms with Gasteiger partial charge in [0.15, 0.2) is 0 Å². The fourth-order valence-corrected chi connectivity index (χ4v) is 3.36. The van der Waals surface area contributed by atoms with Crippen molar-refractivity contribution >= 4 is 5.71 Å². The van der Waals surface area contributed by atoms with Crippen molar-refractivity contribution in [3.63, 3.8) is 0 Å². The average molecular weight is 401 g/mol. The maximum atomic E-state index is 14.3. The summed E-state index contributed by atoms with van der Waals surface area (Å²) < 4.78 is 31.3. The lowest BCUT2D eigenvalue weighted by molar-refractivity contribution is -0.0950. The highest BCUT2D eigenvalue weighted by Crippen LogP contribution is 2.37. The molecule has 5 nitrogen and oxygen atoms in total. The van der Waals surface area contributed by atoms with Crippen LogP contribution in [-0.2, 0) is 33.1 Å². The quantitative estimate of drug-likeness (QED) is 0.463. The van der Waals surface area contributed by atoms with Crippen molar-refractivity contribution in [1.29, 1.82) is 0 Å². The molecule has 1 aliphatic heterocycles. The molecule has 0 amide bonds. The Kier molecular flexibility index (Phi) is 7.23. The van der Waals surface area contributed by atoms with Crippen molar-refractivity contribution in [2.75, 3.05) is 20.3 Å². The highest BCUT2D eigenvalue weighted by atomic mass is 19.1. The summed E-state index contributed by atoms with van der Waals surface area (Å²) in [6, 6.07) is 12.7. The van der Waals surface area contributed by atoms with Crippen LogP contribution in [0.4, 0.5) is 4.39 Å². The summed E-state index contributed by atoms with van der Waals surface area (Å²) in [5, 5.41) is 3.92. The summed E-state index contributed by atoms with van der Waals surface area (Å²) in [6.07, 6.45) is 1.38. The van der Waals surface area contributed by atoms with Crippen LogP contribution in [0.5, 0.6) is 5.75 Å². The third-order valence-corrected chi connectivity index (χ3v) is 5.00. The topological polar surface area (TPSA) is 49.3 Å². The summed E-state index contributed by atoms with van der Waals surface area (Å²) in [5.41, 5.74) is 3.15. The molecule has 2 aromatic carbocycles. The molecule has 0 N–H and O–H groups in total. The first-order valence-corrected chi connectivity index (χ1v) is 9.78. The first kappa shape index (κ1) is 21.3. The molecule has 0 aromatic heterocycles. The van der Waals surface area contributed by atoms with Gasteiger partial charge in [-0.25, -0.2) is 4.39 Å². The van der Waals surface area contributed by atoms with E-state index in [4.69, 9.17) is 19.0 Å². The van der Waals surface area contributed by atoms with Gasteiger partial charge in [0, 0.05) is 39.2 Å². The van der Waals surface area contributed by atoms with Crippen LogP contribution >= 0.6 is 0 Å². The fraction of sp³-hybridized carbons (Fsp3) is 0.435. The Morgan fingerprint density at radius 2 is 1.69 bits per heavy atom. The molecule has 0 spiro atoms. The van der Waals surface area contributed by atoms with Crippen LogP contribution in [0.15, 0.2) is 47.6 Å². The Labute approximate surface area is 171 Å². The van der Waals surface area contributed by atoms with Crippen molar-refractivity contribution < 1.29 is 23.4 Å². The van der Waals surface area contributed by atoms with Crippen LogP contribution in [-0.4, -0.2) is 26.0 Å². The number of nitrogens with zero attached hydrogens (tertiary/aromatic N) is 1. The van der Waals surface area contributed by atoms with E-state index in [9.17, 15) is 4.39 Å². The first-order valence-electron chi connectivity index (χ1n) is 9.78. The Balaban J connectivity index is 1.65. The summed E-state index contributed by atoms with van der Waals surface area (Å²) >= 11 is 0. The van der Waals surface area contributed by atoms with Crippen LogP contribution < -0.4 is 4.74 Å². The average Bonchev–Trinajstić information content (AvgIpc) is 2.73. The monoisotopic (exact) mass is 401 g/mol. The third kappa shape index (κ3) is 5.78. The van der Waals surface area contributed by atoms with E-state index in [1.54, 1.807) is 7.11 Å². The largest absolute Gasteiger partial charge is 0.489 e. The SMILES string of the molecule is COC1(c2cc(F)cc(OCc3ccc(CON=C(C)C)cc3)c2)CCOCC1. The molecule has 0 radical (unpaired) electrons. The minimum Gasteiger partial charge on any atom is -0.489 e. The molecular formula is C23H28FNO4. The van der Waals surface area contributed by atoms with Gasteiger partial charge in [0.1, 0.15) is 24.8 Å². The Hall–Kier alpha value is -2.44. The van der Waals surface area contributed by atoms with E-state index >= 15 is 0 Å². The van der Waals surface area contributed by atoms with Gasteiger partial charge in [-0.15, -0.1) is 0 Å². The van der Waals surface area contributed by atoms with E-state index < -0.39 is 5.60 Å². The number of ether oxygens (including phenoxy) is 3. The molecule has 156 valence electrons. The van der Waals surface area contributed by atoms with E-state index in [2.05, 4.69) is 5.16 Å². The molecule has 0 atom stereocenters. The van der Waals surface area contributed by atoms with Crippen molar-refractivity contribution in [2.24, 2.45) is 5.16 Å². The van der Waals surface area contributed by atoms with Crippen LogP contribution in [0.2, 0.25) is 0 Å². The van der Waals surface area contributed by atoms with E-state index in [0.29, 0.717) is 45.0 Å². The van der Waals surface area contributed by atoms with Crippen molar-refractivity contribution in [3.05, 3.63) is 65.0 Å². The third-order valence-electron chi connectivity index (χ3n) is 5.00. The summed E-state index contributed by atoms with van der Waals surface area (Å²) in [5.74, 6) is 0.155. The Bertz CT molecular complexity index is 825. The van der Waals surface area contributed by atoms with Gasteiger partial charge in [0.25, 0.3) is 0 Å². The van der Waals surface area contributed by atoms with Gasteiger partial charge < -0.3 is 19.0 Å². The molecule has 1 fully saturated rings. The number of methoxy groups -OCH3 is 1. The van der Waals surface area contributed by atoms with Crippen molar-refractivity contribution in [2.45, 2.75) is 45.5 Å². The second kappa shape index (κ2) is 9.85.